The van der Waals surface area contributed by atoms with Crippen LogP contribution in [0.2, 0.25) is 0 Å². The van der Waals surface area contributed by atoms with E-state index >= 15 is 0 Å². The molecule has 0 spiro atoms. The fourth-order valence-corrected chi connectivity index (χ4v) is 2.01. The number of hydrogen-bond donors (Lipinski definition) is 1. The Kier molecular flexibility index (Phi) is 5.07. The Bertz CT molecular complexity index is 373. The first-order valence-electron chi connectivity index (χ1n) is 6.17. The van der Waals surface area contributed by atoms with Crippen molar-refractivity contribution in [2.24, 2.45) is 11.1 Å². The topological polar surface area (TPSA) is 72.9 Å². The molecule has 18 heavy (non-hydrogen) atoms. The normalized spacial score (nSPS) is 15.8. The van der Waals surface area contributed by atoms with Crippen molar-refractivity contribution in [3.8, 4) is 0 Å². The molecular weight excluding hydrogens is 252 g/mol. The third-order valence-electron chi connectivity index (χ3n) is 3.12. The summed E-state index contributed by atoms with van der Waals surface area (Å²) < 4.78 is 1.96. The summed E-state index contributed by atoms with van der Waals surface area (Å²) in [5.74, 6) is 0.961. The maximum absolute atomic E-state index is 5.74. The second-order valence-electron chi connectivity index (χ2n) is 5.81. The van der Waals surface area contributed by atoms with Crippen molar-refractivity contribution in [1.29, 1.82) is 0 Å². The lowest BCUT2D eigenvalue weighted by Crippen LogP contribution is -2.36. The Balaban J connectivity index is 0.00000162. The Labute approximate surface area is 114 Å². The number of rotatable bonds is 6. The van der Waals surface area contributed by atoms with Crippen molar-refractivity contribution in [3.05, 3.63) is 5.82 Å². The van der Waals surface area contributed by atoms with Crippen LogP contribution in [0.25, 0.3) is 0 Å². The van der Waals surface area contributed by atoms with Gasteiger partial charge in [0.25, 0.3) is 0 Å². The van der Waals surface area contributed by atoms with Gasteiger partial charge in [-0.05, 0) is 42.3 Å². The van der Waals surface area contributed by atoms with Gasteiger partial charge in [0.1, 0.15) is 0 Å². The van der Waals surface area contributed by atoms with E-state index in [0.29, 0.717) is 12.6 Å². The minimum absolute atomic E-state index is 0. The summed E-state index contributed by atoms with van der Waals surface area (Å²) in [7, 11) is 2.09. The summed E-state index contributed by atoms with van der Waals surface area (Å²) in [5.41, 5.74) is 5.88. The molecule has 1 aromatic rings. The van der Waals surface area contributed by atoms with Crippen LogP contribution in [0.15, 0.2) is 0 Å². The van der Waals surface area contributed by atoms with Gasteiger partial charge < -0.3 is 5.73 Å². The lowest BCUT2D eigenvalue weighted by Gasteiger charge is -2.28. The number of tetrazole rings is 1. The van der Waals surface area contributed by atoms with Crippen LogP contribution < -0.4 is 5.73 Å². The van der Waals surface area contributed by atoms with E-state index in [1.54, 1.807) is 0 Å². The molecule has 0 atom stereocenters. The lowest BCUT2D eigenvalue weighted by atomic mass is 9.93. The SMILES string of the molecule is CN(Cc1nnnn1C1CC1)CC(C)(C)CN.Cl. The number of aromatic nitrogens is 4. The summed E-state index contributed by atoms with van der Waals surface area (Å²) >= 11 is 0. The molecule has 2 rings (SSSR count). The predicted molar refractivity (Wildman–Crippen MR) is 72.5 cm³/mol. The molecule has 1 aromatic heterocycles. The average Bonchev–Trinajstić information content (AvgIpc) is 3.00. The number of nitrogens with zero attached hydrogens (tertiary/aromatic N) is 5. The van der Waals surface area contributed by atoms with Crippen LogP contribution in [0.4, 0.5) is 0 Å². The zero-order valence-corrected chi connectivity index (χ0v) is 12.2. The molecule has 104 valence electrons. The van der Waals surface area contributed by atoms with Gasteiger partial charge in [-0.2, -0.15) is 0 Å². The quantitative estimate of drug-likeness (QED) is 0.832. The van der Waals surface area contributed by atoms with E-state index in [9.17, 15) is 0 Å². The number of nitrogens with two attached hydrogens (primary N) is 1. The van der Waals surface area contributed by atoms with Crippen molar-refractivity contribution in [3.63, 3.8) is 0 Å². The van der Waals surface area contributed by atoms with Gasteiger partial charge in [-0.3, -0.25) is 4.90 Å². The molecule has 7 heteroatoms. The van der Waals surface area contributed by atoms with Gasteiger partial charge in [0, 0.05) is 6.54 Å². The predicted octanol–water partition coefficient (Wildman–Crippen LogP) is 0.846. The zero-order chi connectivity index (χ0) is 12.5. The van der Waals surface area contributed by atoms with Crippen LogP contribution in [-0.2, 0) is 6.54 Å². The van der Waals surface area contributed by atoms with Gasteiger partial charge in [0.05, 0.1) is 12.6 Å². The zero-order valence-electron chi connectivity index (χ0n) is 11.3. The maximum atomic E-state index is 5.74. The molecule has 0 amide bonds. The second-order valence-corrected chi connectivity index (χ2v) is 5.81. The first-order valence-corrected chi connectivity index (χ1v) is 6.17. The highest BCUT2D eigenvalue weighted by Gasteiger charge is 2.28. The molecular formula is C11H23ClN6. The highest BCUT2D eigenvalue weighted by Crippen LogP contribution is 2.34. The summed E-state index contributed by atoms with van der Waals surface area (Å²) in [5, 5.41) is 11.9. The molecule has 1 aliphatic carbocycles. The second kappa shape index (κ2) is 5.95. The standard InChI is InChI=1S/C11H22N6.ClH/c1-11(2,7-12)8-16(3)6-10-13-14-15-17(10)9-4-5-9;/h9H,4-8,12H2,1-3H3;1H. The minimum Gasteiger partial charge on any atom is -0.330 e. The van der Waals surface area contributed by atoms with E-state index in [4.69, 9.17) is 5.73 Å². The van der Waals surface area contributed by atoms with Crippen LogP contribution in [0.1, 0.15) is 38.6 Å². The van der Waals surface area contributed by atoms with Crippen LogP contribution in [0.3, 0.4) is 0 Å². The van der Waals surface area contributed by atoms with Gasteiger partial charge in [-0.15, -0.1) is 17.5 Å². The fraction of sp³-hybridized carbons (Fsp3) is 0.909. The molecule has 0 saturated heterocycles. The number of halogens is 1. The van der Waals surface area contributed by atoms with E-state index in [0.717, 1.165) is 18.9 Å². The molecule has 2 N–H and O–H groups in total. The Hall–Kier alpha value is -0.720. The molecule has 0 radical (unpaired) electrons. The lowest BCUT2D eigenvalue weighted by molar-refractivity contribution is 0.203. The van der Waals surface area contributed by atoms with Crippen molar-refractivity contribution in [2.45, 2.75) is 39.3 Å². The largest absolute Gasteiger partial charge is 0.330 e. The summed E-state index contributed by atoms with van der Waals surface area (Å²) in [4.78, 5) is 2.23. The summed E-state index contributed by atoms with van der Waals surface area (Å²) in [6.45, 7) is 6.76. The Morgan fingerprint density at radius 1 is 1.44 bits per heavy atom. The third-order valence-corrected chi connectivity index (χ3v) is 3.12. The van der Waals surface area contributed by atoms with E-state index in [-0.39, 0.29) is 17.8 Å². The van der Waals surface area contributed by atoms with E-state index in [2.05, 4.69) is 41.3 Å². The first kappa shape index (κ1) is 15.3. The van der Waals surface area contributed by atoms with Crippen molar-refractivity contribution >= 4 is 12.4 Å². The highest BCUT2D eigenvalue weighted by molar-refractivity contribution is 5.85. The molecule has 1 heterocycles. The minimum atomic E-state index is 0. The van der Waals surface area contributed by atoms with E-state index in [1.807, 2.05) is 4.68 Å². The van der Waals surface area contributed by atoms with Gasteiger partial charge in [-0.1, -0.05) is 13.8 Å². The van der Waals surface area contributed by atoms with Crippen molar-refractivity contribution in [1.82, 2.24) is 25.1 Å². The van der Waals surface area contributed by atoms with Crippen LogP contribution >= 0.6 is 12.4 Å². The molecule has 0 unspecified atom stereocenters. The van der Waals surface area contributed by atoms with Gasteiger partial charge in [0.2, 0.25) is 0 Å². The molecule has 1 saturated carbocycles. The first-order chi connectivity index (χ1) is 8.02. The average molecular weight is 275 g/mol. The van der Waals surface area contributed by atoms with Gasteiger partial charge in [-0.25, -0.2) is 4.68 Å². The molecule has 0 aliphatic heterocycles. The van der Waals surface area contributed by atoms with Gasteiger partial charge >= 0.3 is 0 Å². The Morgan fingerprint density at radius 3 is 2.67 bits per heavy atom. The molecule has 0 bridgehead atoms. The molecule has 0 aromatic carbocycles. The van der Waals surface area contributed by atoms with E-state index < -0.39 is 0 Å². The molecule has 6 nitrogen and oxygen atoms in total. The summed E-state index contributed by atoms with van der Waals surface area (Å²) in [6.07, 6.45) is 2.41. The van der Waals surface area contributed by atoms with Crippen molar-refractivity contribution < 1.29 is 0 Å². The Morgan fingerprint density at radius 2 is 2.11 bits per heavy atom. The fourth-order valence-electron chi connectivity index (χ4n) is 2.01. The molecule has 1 fully saturated rings. The third kappa shape index (κ3) is 3.90. The van der Waals surface area contributed by atoms with Crippen LogP contribution in [0.5, 0.6) is 0 Å². The van der Waals surface area contributed by atoms with Crippen LogP contribution in [-0.4, -0.2) is 45.2 Å². The highest BCUT2D eigenvalue weighted by atomic mass is 35.5. The smallest absolute Gasteiger partial charge is 0.165 e. The monoisotopic (exact) mass is 274 g/mol. The van der Waals surface area contributed by atoms with E-state index in [1.165, 1.54) is 12.8 Å². The van der Waals surface area contributed by atoms with Crippen LogP contribution in [0, 0.1) is 5.41 Å². The number of hydrogen-bond acceptors (Lipinski definition) is 5. The van der Waals surface area contributed by atoms with Gasteiger partial charge in [0.15, 0.2) is 5.82 Å². The summed E-state index contributed by atoms with van der Waals surface area (Å²) in [6, 6.07) is 0.538. The maximum Gasteiger partial charge on any atom is 0.165 e. The molecule has 1 aliphatic rings. The van der Waals surface area contributed by atoms with Crippen molar-refractivity contribution in [2.75, 3.05) is 20.1 Å².